The third kappa shape index (κ3) is 4.36. The van der Waals surface area contributed by atoms with Crippen molar-refractivity contribution in [2.24, 2.45) is 0 Å². The number of hydrogen-bond acceptors (Lipinski definition) is 3. The molecule has 0 aromatic carbocycles. The zero-order valence-electron chi connectivity index (χ0n) is 8.54. The standard InChI is InChI=1S/C8H19N3O2S/c1-9-6-3-7-10-14(12,13)11-8-4-2-5-8/h8-11H,2-7H2,1H3. The Morgan fingerprint density at radius 3 is 2.50 bits per heavy atom. The molecule has 0 bridgehead atoms. The van der Waals surface area contributed by atoms with Crippen molar-refractivity contribution < 1.29 is 8.42 Å². The third-order valence-electron chi connectivity index (χ3n) is 2.32. The van der Waals surface area contributed by atoms with Gasteiger partial charge < -0.3 is 5.32 Å². The van der Waals surface area contributed by atoms with Crippen LogP contribution in [0.5, 0.6) is 0 Å². The predicted molar refractivity (Wildman–Crippen MR) is 56.2 cm³/mol. The minimum atomic E-state index is -3.25. The first-order valence-corrected chi connectivity index (χ1v) is 6.54. The molecule has 0 radical (unpaired) electrons. The molecule has 14 heavy (non-hydrogen) atoms. The van der Waals surface area contributed by atoms with E-state index in [1.165, 1.54) is 0 Å². The molecule has 5 nitrogen and oxygen atoms in total. The zero-order chi connectivity index (χ0) is 10.4. The van der Waals surface area contributed by atoms with Gasteiger partial charge in [0, 0.05) is 12.6 Å². The van der Waals surface area contributed by atoms with Crippen molar-refractivity contribution >= 4 is 10.2 Å². The van der Waals surface area contributed by atoms with Crippen LogP contribution in [-0.4, -0.2) is 34.6 Å². The second-order valence-corrected chi connectivity index (χ2v) is 5.13. The quantitative estimate of drug-likeness (QED) is 0.511. The molecule has 1 rings (SSSR count). The van der Waals surface area contributed by atoms with Crippen molar-refractivity contribution in [3.8, 4) is 0 Å². The van der Waals surface area contributed by atoms with Crippen molar-refractivity contribution in [1.82, 2.24) is 14.8 Å². The Bertz CT molecular complexity index is 249. The van der Waals surface area contributed by atoms with E-state index in [0.29, 0.717) is 6.54 Å². The molecule has 0 aromatic rings. The van der Waals surface area contributed by atoms with Crippen LogP contribution in [0.3, 0.4) is 0 Å². The highest BCUT2D eigenvalue weighted by molar-refractivity contribution is 7.87. The number of nitrogens with one attached hydrogen (secondary N) is 3. The van der Waals surface area contributed by atoms with Crippen molar-refractivity contribution in [1.29, 1.82) is 0 Å². The number of hydrogen-bond donors (Lipinski definition) is 3. The molecule has 0 heterocycles. The molecule has 0 atom stereocenters. The third-order valence-corrected chi connectivity index (χ3v) is 3.55. The Kier molecular flexibility index (Phi) is 4.80. The summed E-state index contributed by atoms with van der Waals surface area (Å²) in [6.45, 7) is 1.31. The molecule has 84 valence electrons. The lowest BCUT2D eigenvalue weighted by Crippen LogP contribution is -2.46. The van der Waals surface area contributed by atoms with Gasteiger partial charge in [-0.05, 0) is 32.9 Å². The molecule has 1 aliphatic carbocycles. The van der Waals surface area contributed by atoms with Crippen LogP contribution in [0, 0.1) is 0 Å². The highest BCUT2D eigenvalue weighted by Crippen LogP contribution is 2.18. The highest BCUT2D eigenvalue weighted by atomic mass is 32.2. The Morgan fingerprint density at radius 1 is 1.29 bits per heavy atom. The summed E-state index contributed by atoms with van der Waals surface area (Å²) in [5, 5.41) is 2.96. The van der Waals surface area contributed by atoms with Gasteiger partial charge in [0.05, 0.1) is 0 Å². The smallest absolute Gasteiger partial charge is 0.277 e. The van der Waals surface area contributed by atoms with Crippen LogP contribution in [0.4, 0.5) is 0 Å². The van der Waals surface area contributed by atoms with Crippen LogP contribution in [-0.2, 0) is 10.2 Å². The van der Waals surface area contributed by atoms with Crippen LogP contribution < -0.4 is 14.8 Å². The van der Waals surface area contributed by atoms with E-state index in [1.54, 1.807) is 0 Å². The van der Waals surface area contributed by atoms with Gasteiger partial charge in [-0.3, -0.25) is 0 Å². The molecule has 0 amide bonds. The molecular formula is C8H19N3O2S. The molecule has 1 aliphatic rings. The van der Waals surface area contributed by atoms with E-state index in [1.807, 2.05) is 7.05 Å². The van der Waals surface area contributed by atoms with Gasteiger partial charge in [-0.15, -0.1) is 0 Å². The topological polar surface area (TPSA) is 70.2 Å². The molecule has 1 fully saturated rings. The van der Waals surface area contributed by atoms with Crippen LogP contribution in [0.15, 0.2) is 0 Å². The van der Waals surface area contributed by atoms with Gasteiger partial charge in [0.2, 0.25) is 0 Å². The second-order valence-electron chi connectivity index (χ2n) is 3.60. The monoisotopic (exact) mass is 221 g/mol. The van der Waals surface area contributed by atoms with E-state index in [9.17, 15) is 8.42 Å². The fraction of sp³-hybridized carbons (Fsp3) is 1.00. The second kappa shape index (κ2) is 5.65. The summed E-state index contributed by atoms with van der Waals surface area (Å²) < 4.78 is 27.8. The summed E-state index contributed by atoms with van der Waals surface area (Å²) in [7, 11) is -1.40. The van der Waals surface area contributed by atoms with Gasteiger partial charge in [0.15, 0.2) is 0 Å². The Labute approximate surface area is 85.8 Å². The molecule has 3 N–H and O–H groups in total. The maximum atomic E-state index is 11.4. The fourth-order valence-electron chi connectivity index (χ4n) is 1.26. The maximum absolute atomic E-state index is 11.4. The summed E-state index contributed by atoms with van der Waals surface area (Å²) in [5.41, 5.74) is 0. The van der Waals surface area contributed by atoms with Crippen molar-refractivity contribution in [3.05, 3.63) is 0 Å². The molecule has 0 saturated heterocycles. The lowest BCUT2D eigenvalue weighted by Gasteiger charge is -2.26. The average molecular weight is 221 g/mol. The summed E-state index contributed by atoms with van der Waals surface area (Å²) in [4.78, 5) is 0. The molecule has 0 spiro atoms. The predicted octanol–water partition coefficient (Wildman–Crippen LogP) is -0.428. The van der Waals surface area contributed by atoms with Crippen molar-refractivity contribution in [2.75, 3.05) is 20.1 Å². The van der Waals surface area contributed by atoms with E-state index in [4.69, 9.17) is 0 Å². The molecule has 1 saturated carbocycles. The average Bonchev–Trinajstić information content (AvgIpc) is 2.06. The van der Waals surface area contributed by atoms with E-state index < -0.39 is 10.2 Å². The zero-order valence-corrected chi connectivity index (χ0v) is 9.36. The molecule has 0 aliphatic heterocycles. The minimum absolute atomic E-state index is 0.164. The van der Waals surface area contributed by atoms with E-state index >= 15 is 0 Å². The summed E-state index contributed by atoms with van der Waals surface area (Å²) in [6.07, 6.45) is 3.88. The summed E-state index contributed by atoms with van der Waals surface area (Å²) in [5.74, 6) is 0. The van der Waals surface area contributed by atoms with Crippen molar-refractivity contribution in [2.45, 2.75) is 31.7 Å². The van der Waals surface area contributed by atoms with Gasteiger partial charge >= 0.3 is 0 Å². The Hall–Kier alpha value is -0.170. The van der Waals surface area contributed by atoms with Gasteiger partial charge in [0.25, 0.3) is 10.2 Å². The number of rotatable bonds is 7. The van der Waals surface area contributed by atoms with Gasteiger partial charge in [0.1, 0.15) is 0 Å². The van der Waals surface area contributed by atoms with Crippen LogP contribution >= 0.6 is 0 Å². The first-order chi connectivity index (χ1) is 6.64. The lowest BCUT2D eigenvalue weighted by atomic mass is 9.94. The van der Waals surface area contributed by atoms with Gasteiger partial charge in [-0.25, -0.2) is 4.72 Å². The van der Waals surface area contributed by atoms with Gasteiger partial charge in [-0.2, -0.15) is 13.1 Å². The maximum Gasteiger partial charge on any atom is 0.277 e. The summed E-state index contributed by atoms with van der Waals surface area (Å²) in [6, 6.07) is 0.164. The molecule has 0 aromatic heterocycles. The lowest BCUT2D eigenvalue weighted by molar-refractivity contribution is 0.381. The van der Waals surface area contributed by atoms with E-state index in [-0.39, 0.29) is 6.04 Å². The molecule has 0 unspecified atom stereocenters. The van der Waals surface area contributed by atoms with Crippen molar-refractivity contribution in [3.63, 3.8) is 0 Å². The minimum Gasteiger partial charge on any atom is -0.320 e. The first kappa shape index (κ1) is 11.9. The first-order valence-electron chi connectivity index (χ1n) is 5.05. The fourth-order valence-corrected chi connectivity index (χ4v) is 2.43. The van der Waals surface area contributed by atoms with Gasteiger partial charge in [-0.1, -0.05) is 6.42 Å². The van der Waals surface area contributed by atoms with Crippen LogP contribution in [0.1, 0.15) is 25.7 Å². The van der Waals surface area contributed by atoms with Crippen LogP contribution in [0.25, 0.3) is 0 Å². The SMILES string of the molecule is CNCCCNS(=O)(=O)NC1CCC1. The Morgan fingerprint density at radius 2 is 2.00 bits per heavy atom. The molecular weight excluding hydrogens is 202 g/mol. The van der Waals surface area contributed by atoms with E-state index in [2.05, 4.69) is 14.8 Å². The summed E-state index contributed by atoms with van der Waals surface area (Å²) >= 11 is 0. The Balaban J connectivity index is 2.13. The largest absolute Gasteiger partial charge is 0.320 e. The van der Waals surface area contributed by atoms with E-state index in [0.717, 1.165) is 32.2 Å². The molecule has 6 heteroatoms. The van der Waals surface area contributed by atoms with Crippen LogP contribution in [0.2, 0.25) is 0 Å². The normalized spacial score (nSPS) is 18.1. The highest BCUT2D eigenvalue weighted by Gasteiger charge is 2.22.